The van der Waals surface area contributed by atoms with E-state index in [1.54, 1.807) is 0 Å². The molecule has 2 saturated heterocycles. The van der Waals surface area contributed by atoms with E-state index in [0.29, 0.717) is 0 Å². The molecule has 0 spiro atoms. The third kappa shape index (κ3) is 3.62. The van der Waals surface area contributed by atoms with Crippen molar-refractivity contribution in [3.63, 3.8) is 0 Å². The number of anilines is 2. The van der Waals surface area contributed by atoms with Crippen molar-refractivity contribution in [2.75, 3.05) is 36.0 Å². The van der Waals surface area contributed by atoms with Gasteiger partial charge in [0.1, 0.15) is 5.82 Å². The van der Waals surface area contributed by atoms with Crippen LogP contribution in [0.3, 0.4) is 0 Å². The molecule has 5 rings (SSSR count). The van der Waals surface area contributed by atoms with E-state index in [0.717, 1.165) is 66.7 Å². The second kappa shape index (κ2) is 8.21. The van der Waals surface area contributed by atoms with Gasteiger partial charge in [-0.25, -0.2) is 4.98 Å². The Balaban J connectivity index is 1.61. The Morgan fingerprint density at radius 3 is 2.27 bits per heavy atom. The van der Waals surface area contributed by atoms with Crippen molar-refractivity contribution in [1.29, 1.82) is 0 Å². The van der Waals surface area contributed by atoms with Crippen molar-refractivity contribution >= 4 is 22.8 Å². The monoisotopic (exact) mass is 401 g/mol. The molecule has 0 N–H and O–H groups in total. The van der Waals surface area contributed by atoms with Crippen LogP contribution in [0.5, 0.6) is 0 Å². The molecule has 0 radical (unpaired) electrons. The number of aromatic nitrogens is 3. The zero-order valence-corrected chi connectivity index (χ0v) is 18.2. The van der Waals surface area contributed by atoms with Crippen LogP contribution in [0.1, 0.15) is 50.2 Å². The Labute approximate surface area is 179 Å². The third-order valence-electron chi connectivity index (χ3n) is 6.59. The Kier molecular flexibility index (Phi) is 5.28. The Morgan fingerprint density at radius 2 is 1.53 bits per heavy atom. The van der Waals surface area contributed by atoms with E-state index in [2.05, 4.69) is 54.0 Å². The van der Waals surface area contributed by atoms with E-state index in [1.165, 1.54) is 43.2 Å². The van der Waals surface area contributed by atoms with Gasteiger partial charge in [0, 0.05) is 31.7 Å². The molecular formula is C25H31N5. The highest BCUT2D eigenvalue weighted by atomic mass is 15.3. The van der Waals surface area contributed by atoms with Crippen molar-refractivity contribution in [3.8, 4) is 11.3 Å². The number of hydrogen-bond acceptors (Lipinski definition) is 5. The van der Waals surface area contributed by atoms with Crippen LogP contribution in [0.15, 0.2) is 30.3 Å². The lowest BCUT2D eigenvalue weighted by Crippen LogP contribution is -2.31. The summed E-state index contributed by atoms with van der Waals surface area (Å²) >= 11 is 0. The minimum Gasteiger partial charge on any atom is -0.356 e. The third-order valence-corrected chi connectivity index (χ3v) is 6.59. The Bertz CT molecular complexity index is 1050. The average Bonchev–Trinajstić information content (AvgIpc) is 3.33. The SMILES string of the molecule is CCc1ccc(-c2ccc3c(N4CCCCC4)nc(N4CCCC4)nc3n2)cc1C. The number of nitrogens with zero attached hydrogens (tertiary/aromatic N) is 5. The number of rotatable bonds is 4. The van der Waals surface area contributed by atoms with Gasteiger partial charge < -0.3 is 9.80 Å². The predicted octanol–water partition coefficient (Wildman–Crippen LogP) is 5.15. The van der Waals surface area contributed by atoms with E-state index < -0.39 is 0 Å². The first kappa shape index (κ1) is 19.3. The highest BCUT2D eigenvalue weighted by Gasteiger charge is 2.22. The highest BCUT2D eigenvalue weighted by molar-refractivity contribution is 5.90. The Morgan fingerprint density at radius 1 is 0.800 bits per heavy atom. The van der Waals surface area contributed by atoms with Crippen molar-refractivity contribution in [2.45, 2.75) is 52.4 Å². The molecular weight excluding hydrogens is 370 g/mol. The molecule has 5 heteroatoms. The van der Waals surface area contributed by atoms with Gasteiger partial charge >= 0.3 is 0 Å². The molecule has 1 aromatic carbocycles. The van der Waals surface area contributed by atoms with Gasteiger partial charge in [-0.05, 0) is 74.8 Å². The summed E-state index contributed by atoms with van der Waals surface area (Å²) in [6, 6.07) is 11.0. The fourth-order valence-electron chi connectivity index (χ4n) is 4.80. The summed E-state index contributed by atoms with van der Waals surface area (Å²) in [5.74, 6) is 1.92. The molecule has 2 fully saturated rings. The van der Waals surface area contributed by atoms with Gasteiger partial charge in [0.05, 0.1) is 11.1 Å². The van der Waals surface area contributed by atoms with Crippen molar-refractivity contribution in [1.82, 2.24) is 15.0 Å². The first-order chi connectivity index (χ1) is 14.7. The van der Waals surface area contributed by atoms with Crippen LogP contribution in [0.25, 0.3) is 22.3 Å². The summed E-state index contributed by atoms with van der Waals surface area (Å²) in [5.41, 5.74) is 5.69. The second-order valence-electron chi connectivity index (χ2n) is 8.65. The van der Waals surface area contributed by atoms with Gasteiger partial charge in [-0.1, -0.05) is 19.1 Å². The van der Waals surface area contributed by atoms with Crippen molar-refractivity contribution in [3.05, 3.63) is 41.5 Å². The molecule has 5 nitrogen and oxygen atoms in total. The smallest absolute Gasteiger partial charge is 0.229 e. The predicted molar refractivity (Wildman–Crippen MR) is 124 cm³/mol. The molecule has 2 aromatic heterocycles. The fourth-order valence-corrected chi connectivity index (χ4v) is 4.80. The zero-order chi connectivity index (χ0) is 20.5. The van der Waals surface area contributed by atoms with E-state index in [1.807, 2.05) is 0 Å². The first-order valence-corrected chi connectivity index (χ1v) is 11.5. The van der Waals surface area contributed by atoms with E-state index in [4.69, 9.17) is 15.0 Å². The van der Waals surface area contributed by atoms with Gasteiger partial charge in [-0.3, -0.25) is 0 Å². The average molecular weight is 402 g/mol. The normalized spacial score (nSPS) is 17.1. The number of aryl methyl sites for hydroxylation is 2. The minimum atomic E-state index is 0.821. The van der Waals surface area contributed by atoms with Gasteiger partial charge in [-0.2, -0.15) is 9.97 Å². The Hall–Kier alpha value is -2.69. The van der Waals surface area contributed by atoms with E-state index in [9.17, 15) is 0 Å². The van der Waals surface area contributed by atoms with Crippen molar-refractivity contribution in [2.24, 2.45) is 0 Å². The largest absolute Gasteiger partial charge is 0.356 e. The van der Waals surface area contributed by atoms with Gasteiger partial charge in [0.15, 0.2) is 5.65 Å². The maximum atomic E-state index is 5.05. The summed E-state index contributed by atoms with van der Waals surface area (Å²) < 4.78 is 0. The summed E-state index contributed by atoms with van der Waals surface area (Å²) in [4.78, 5) is 19.8. The molecule has 3 aromatic rings. The van der Waals surface area contributed by atoms with Crippen LogP contribution >= 0.6 is 0 Å². The number of fused-ring (bicyclic) bond motifs is 1. The lowest BCUT2D eigenvalue weighted by Gasteiger charge is -2.29. The van der Waals surface area contributed by atoms with Crippen LogP contribution in [0.4, 0.5) is 11.8 Å². The summed E-state index contributed by atoms with van der Waals surface area (Å²) in [5, 5.41) is 1.07. The standard InChI is InChI=1S/C25H31N5/c1-3-19-9-10-20(17-18(19)2)22-12-11-21-23(26-22)27-25(30-15-7-8-16-30)28-24(21)29-13-5-4-6-14-29/h9-12,17H,3-8,13-16H2,1-2H3. The quantitative estimate of drug-likeness (QED) is 0.605. The van der Waals surface area contributed by atoms with Crippen LogP contribution in [-0.2, 0) is 6.42 Å². The second-order valence-corrected chi connectivity index (χ2v) is 8.65. The summed E-state index contributed by atoms with van der Waals surface area (Å²) in [6.07, 6.45) is 7.28. The molecule has 0 atom stereocenters. The summed E-state index contributed by atoms with van der Waals surface area (Å²) in [7, 11) is 0. The topological polar surface area (TPSA) is 45.2 Å². The number of piperidine rings is 1. The number of benzene rings is 1. The first-order valence-electron chi connectivity index (χ1n) is 11.5. The van der Waals surface area contributed by atoms with Crippen molar-refractivity contribution < 1.29 is 0 Å². The van der Waals surface area contributed by atoms with Gasteiger partial charge in [-0.15, -0.1) is 0 Å². The summed E-state index contributed by atoms with van der Waals surface area (Å²) in [6.45, 7) is 8.63. The van der Waals surface area contributed by atoms with Crippen LogP contribution in [0, 0.1) is 6.92 Å². The van der Waals surface area contributed by atoms with Gasteiger partial charge in [0.2, 0.25) is 5.95 Å². The minimum absolute atomic E-state index is 0.821. The molecule has 0 bridgehead atoms. The molecule has 0 unspecified atom stereocenters. The number of pyridine rings is 1. The van der Waals surface area contributed by atoms with Gasteiger partial charge in [0.25, 0.3) is 0 Å². The molecule has 30 heavy (non-hydrogen) atoms. The van der Waals surface area contributed by atoms with Crippen LogP contribution in [-0.4, -0.2) is 41.1 Å². The number of hydrogen-bond donors (Lipinski definition) is 0. The molecule has 0 amide bonds. The fraction of sp³-hybridized carbons (Fsp3) is 0.480. The maximum Gasteiger partial charge on any atom is 0.229 e. The lowest BCUT2D eigenvalue weighted by molar-refractivity contribution is 0.574. The molecule has 2 aliphatic heterocycles. The highest BCUT2D eigenvalue weighted by Crippen LogP contribution is 2.31. The molecule has 156 valence electrons. The molecule has 0 aliphatic carbocycles. The lowest BCUT2D eigenvalue weighted by atomic mass is 10.0. The van der Waals surface area contributed by atoms with Crippen LogP contribution in [0.2, 0.25) is 0 Å². The molecule has 4 heterocycles. The maximum absolute atomic E-state index is 5.05. The molecule has 0 saturated carbocycles. The molecule has 2 aliphatic rings. The van der Waals surface area contributed by atoms with Crippen LogP contribution < -0.4 is 9.80 Å². The zero-order valence-electron chi connectivity index (χ0n) is 18.2. The van der Waals surface area contributed by atoms with E-state index in [-0.39, 0.29) is 0 Å². The van der Waals surface area contributed by atoms with E-state index >= 15 is 0 Å².